The summed E-state index contributed by atoms with van der Waals surface area (Å²) in [7, 11) is 0. The average Bonchev–Trinajstić information content (AvgIpc) is 2.82. The highest BCUT2D eigenvalue weighted by Crippen LogP contribution is 2.28. The van der Waals surface area contributed by atoms with Gasteiger partial charge in [-0.2, -0.15) is 11.8 Å². The van der Waals surface area contributed by atoms with Crippen LogP contribution in [0.4, 0.5) is 4.79 Å². The summed E-state index contributed by atoms with van der Waals surface area (Å²) in [5.41, 5.74) is -1.05. The number of rotatable bonds is 3. The number of carboxylic acid groups (broad SMARTS) is 1. The largest absolute Gasteiger partial charge is 0.479 e. The number of carbonyl (C=O) groups is 2. The number of aliphatic carboxylic acids is 1. The van der Waals surface area contributed by atoms with Crippen molar-refractivity contribution in [1.82, 2.24) is 10.6 Å². The first-order valence-electron chi connectivity index (χ1n) is 5.02. The molecule has 0 aromatic carbocycles. The average molecular weight is 230 g/mol. The second kappa shape index (κ2) is 3.92. The summed E-state index contributed by atoms with van der Waals surface area (Å²) in [4.78, 5) is 22.6. The van der Waals surface area contributed by atoms with Gasteiger partial charge in [0.2, 0.25) is 0 Å². The number of hydrogen-bond donors (Lipinski definition) is 3. The molecule has 2 fully saturated rings. The Morgan fingerprint density at radius 3 is 2.60 bits per heavy atom. The lowest BCUT2D eigenvalue weighted by atomic mass is 10.00. The Labute approximate surface area is 92.0 Å². The molecule has 2 rings (SSSR count). The Bertz CT molecular complexity index is 285. The minimum atomic E-state index is -1.05. The van der Waals surface area contributed by atoms with E-state index in [4.69, 9.17) is 5.11 Å². The molecule has 0 spiro atoms. The van der Waals surface area contributed by atoms with Gasteiger partial charge in [0.25, 0.3) is 0 Å². The zero-order valence-corrected chi connectivity index (χ0v) is 9.10. The topological polar surface area (TPSA) is 78.4 Å². The SMILES string of the molecule is O=C(NC1CC1)NC1(C(=O)O)CCSC1. The van der Waals surface area contributed by atoms with Crippen molar-refractivity contribution >= 4 is 23.8 Å². The number of thioether (sulfide) groups is 1. The number of urea groups is 1. The molecule has 1 aliphatic carbocycles. The summed E-state index contributed by atoms with van der Waals surface area (Å²) in [6.45, 7) is 0. The highest BCUT2D eigenvalue weighted by Gasteiger charge is 2.43. The molecule has 0 aromatic heterocycles. The highest BCUT2D eigenvalue weighted by atomic mass is 32.2. The standard InChI is InChI=1S/C9H14N2O3S/c12-7(13)9(3-4-15-5-9)11-8(14)10-6-1-2-6/h6H,1-5H2,(H,12,13)(H2,10,11,14). The van der Waals surface area contributed by atoms with E-state index in [1.165, 1.54) is 0 Å². The molecule has 0 aromatic rings. The van der Waals surface area contributed by atoms with Gasteiger partial charge in [0.15, 0.2) is 0 Å². The summed E-state index contributed by atoms with van der Waals surface area (Å²) in [5.74, 6) is 0.314. The monoisotopic (exact) mass is 230 g/mol. The van der Waals surface area contributed by atoms with Crippen LogP contribution in [0.1, 0.15) is 19.3 Å². The third kappa shape index (κ3) is 2.37. The van der Waals surface area contributed by atoms with Gasteiger partial charge in [0.05, 0.1) is 0 Å². The van der Waals surface area contributed by atoms with E-state index in [9.17, 15) is 9.59 Å². The Morgan fingerprint density at radius 2 is 2.13 bits per heavy atom. The van der Waals surface area contributed by atoms with Crippen molar-refractivity contribution in [3.63, 3.8) is 0 Å². The number of nitrogens with one attached hydrogen (secondary N) is 2. The van der Waals surface area contributed by atoms with Gasteiger partial charge in [-0.15, -0.1) is 0 Å². The molecule has 1 saturated carbocycles. The molecule has 15 heavy (non-hydrogen) atoms. The van der Waals surface area contributed by atoms with Crippen LogP contribution in [0.25, 0.3) is 0 Å². The van der Waals surface area contributed by atoms with Crippen LogP contribution in [0.15, 0.2) is 0 Å². The summed E-state index contributed by atoms with van der Waals surface area (Å²) in [6, 6.07) is -0.0905. The quantitative estimate of drug-likeness (QED) is 0.656. The van der Waals surface area contributed by atoms with Gasteiger partial charge < -0.3 is 15.7 Å². The first kappa shape index (κ1) is 10.6. The number of carboxylic acids is 1. The van der Waals surface area contributed by atoms with E-state index in [-0.39, 0.29) is 12.1 Å². The minimum Gasteiger partial charge on any atom is -0.479 e. The summed E-state index contributed by atoms with van der Waals surface area (Å²) in [6.07, 6.45) is 2.51. The van der Waals surface area contributed by atoms with Crippen LogP contribution in [-0.4, -0.2) is 40.2 Å². The number of hydrogen-bond acceptors (Lipinski definition) is 3. The van der Waals surface area contributed by atoms with E-state index in [0.717, 1.165) is 18.6 Å². The van der Waals surface area contributed by atoms with Crippen LogP contribution >= 0.6 is 11.8 Å². The van der Waals surface area contributed by atoms with E-state index >= 15 is 0 Å². The fraction of sp³-hybridized carbons (Fsp3) is 0.778. The van der Waals surface area contributed by atoms with Gasteiger partial charge in [-0.05, 0) is 25.0 Å². The minimum absolute atomic E-state index is 0.255. The third-order valence-corrected chi connectivity index (χ3v) is 3.89. The van der Waals surface area contributed by atoms with Crippen molar-refractivity contribution in [1.29, 1.82) is 0 Å². The van der Waals surface area contributed by atoms with E-state index < -0.39 is 11.5 Å². The molecular weight excluding hydrogens is 216 g/mol. The lowest BCUT2D eigenvalue weighted by Gasteiger charge is -2.24. The summed E-state index contributed by atoms with van der Waals surface area (Å²) >= 11 is 1.56. The molecule has 1 atom stereocenters. The summed E-state index contributed by atoms with van der Waals surface area (Å²) < 4.78 is 0. The number of carbonyl (C=O) groups excluding carboxylic acids is 1. The van der Waals surface area contributed by atoms with E-state index in [2.05, 4.69) is 10.6 Å². The van der Waals surface area contributed by atoms with Gasteiger partial charge >= 0.3 is 12.0 Å². The summed E-state index contributed by atoms with van der Waals surface area (Å²) in [5, 5.41) is 14.4. The van der Waals surface area contributed by atoms with Crippen LogP contribution in [0.5, 0.6) is 0 Å². The van der Waals surface area contributed by atoms with Crippen molar-refractivity contribution in [3.05, 3.63) is 0 Å². The molecule has 1 aliphatic heterocycles. The molecule has 2 amide bonds. The van der Waals surface area contributed by atoms with Crippen molar-refractivity contribution in [2.24, 2.45) is 0 Å². The fourth-order valence-electron chi connectivity index (χ4n) is 1.55. The predicted molar refractivity (Wildman–Crippen MR) is 57.0 cm³/mol. The van der Waals surface area contributed by atoms with Crippen LogP contribution in [-0.2, 0) is 4.79 Å². The number of amides is 2. The van der Waals surface area contributed by atoms with E-state index in [1.54, 1.807) is 11.8 Å². The van der Waals surface area contributed by atoms with Gasteiger partial charge in [-0.1, -0.05) is 0 Å². The first-order chi connectivity index (χ1) is 7.12. The lowest BCUT2D eigenvalue weighted by molar-refractivity contribution is -0.143. The molecule has 1 saturated heterocycles. The van der Waals surface area contributed by atoms with Crippen LogP contribution < -0.4 is 10.6 Å². The van der Waals surface area contributed by atoms with Crippen LogP contribution in [0.3, 0.4) is 0 Å². The Balaban J connectivity index is 1.93. The van der Waals surface area contributed by atoms with Gasteiger partial charge in [-0.25, -0.2) is 9.59 Å². The van der Waals surface area contributed by atoms with E-state index in [1.807, 2.05) is 0 Å². The van der Waals surface area contributed by atoms with Crippen molar-refractivity contribution in [2.45, 2.75) is 30.8 Å². The van der Waals surface area contributed by atoms with Crippen molar-refractivity contribution in [3.8, 4) is 0 Å². The molecule has 1 unspecified atom stereocenters. The Hall–Kier alpha value is -0.910. The molecule has 84 valence electrons. The third-order valence-electron chi connectivity index (χ3n) is 2.70. The Kier molecular flexibility index (Phi) is 2.77. The highest BCUT2D eigenvalue weighted by molar-refractivity contribution is 7.99. The van der Waals surface area contributed by atoms with Crippen LogP contribution in [0, 0.1) is 0 Å². The molecule has 6 heteroatoms. The predicted octanol–water partition coefficient (Wildman–Crippen LogP) is 0.408. The van der Waals surface area contributed by atoms with Gasteiger partial charge in [-0.3, -0.25) is 0 Å². The van der Waals surface area contributed by atoms with Crippen molar-refractivity contribution < 1.29 is 14.7 Å². The molecule has 5 nitrogen and oxygen atoms in total. The molecular formula is C9H14N2O3S. The molecule has 2 aliphatic rings. The second-order valence-corrected chi connectivity index (χ2v) is 5.17. The molecule has 1 heterocycles. The smallest absolute Gasteiger partial charge is 0.330 e. The normalized spacial score (nSPS) is 29.9. The Morgan fingerprint density at radius 1 is 1.40 bits per heavy atom. The van der Waals surface area contributed by atoms with Crippen LogP contribution in [0.2, 0.25) is 0 Å². The molecule has 0 radical (unpaired) electrons. The maximum absolute atomic E-state index is 11.5. The maximum atomic E-state index is 11.5. The second-order valence-electron chi connectivity index (χ2n) is 4.06. The fourth-order valence-corrected chi connectivity index (χ4v) is 2.88. The zero-order valence-electron chi connectivity index (χ0n) is 8.28. The van der Waals surface area contributed by atoms with Crippen molar-refractivity contribution in [2.75, 3.05) is 11.5 Å². The lowest BCUT2D eigenvalue weighted by Crippen LogP contribution is -2.57. The van der Waals surface area contributed by atoms with E-state index in [0.29, 0.717) is 12.2 Å². The molecule has 3 N–H and O–H groups in total. The first-order valence-corrected chi connectivity index (χ1v) is 6.18. The zero-order chi connectivity index (χ0) is 10.9. The van der Waals surface area contributed by atoms with Gasteiger partial charge in [0, 0.05) is 11.8 Å². The maximum Gasteiger partial charge on any atom is 0.330 e. The van der Waals surface area contributed by atoms with Gasteiger partial charge in [0.1, 0.15) is 5.54 Å². The molecule has 0 bridgehead atoms.